The van der Waals surface area contributed by atoms with Crippen molar-refractivity contribution in [3.63, 3.8) is 0 Å². The molecule has 152 valence electrons. The number of ketones is 1. The number of likely N-dealkylation sites (N-methyl/N-ethyl adjacent to an activating group) is 2. The van der Waals surface area contributed by atoms with Crippen LogP contribution in [0, 0.1) is 0 Å². The molecule has 1 fully saturated rings. The molecule has 1 saturated heterocycles. The lowest BCUT2D eigenvalue weighted by Crippen LogP contribution is -2.50. The van der Waals surface area contributed by atoms with Gasteiger partial charge in [0.1, 0.15) is 6.10 Å². The Morgan fingerprint density at radius 2 is 1.93 bits per heavy atom. The summed E-state index contributed by atoms with van der Waals surface area (Å²) in [4.78, 5) is 39.3. The summed E-state index contributed by atoms with van der Waals surface area (Å²) in [7, 11) is 3.31. The Balaban J connectivity index is 1.44. The van der Waals surface area contributed by atoms with Gasteiger partial charge in [-0.05, 0) is 32.2 Å². The van der Waals surface area contributed by atoms with Gasteiger partial charge in [0.25, 0.3) is 0 Å². The molecule has 10 nitrogen and oxygen atoms in total. The molecule has 2 heterocycles. The van der Waals surface area contributed by atoms with Crippen LogP contribution in [-0.2, 0) is 14.2 Å². The molecule has 2 aliphatic rings. The number of fused-ring (bicyclic) bond motifs is 1. The van der Waals surface area contributed by atoms with E-state index in [0.717, 1.165) is 4.90 Å². The van der Waals surface area contributed by atoms with Crippen LogP contribution in [0.5, 0.6) is 11.5 Å². The highest BCUT2D eigenvalue weighted by atomic mass is 16.8. The standard InChI is InChI=1S/C18H22N2O8/c1-11(16(21)12-4-5-14-15(6-12)25-9-24-14)20(3)17(22)26-10-27-18(23)28-13-7-19(2)8-13/h4-6,11,13H,7-10H2,1-3H3. The Bertz CT molecular complexity index is 762. The van der Waals surface area contributed by atoms with Crippen LogP contribution in [0.4, 0.5) is 9.59 Å². The van der Waals surface area contributed by atoms with Crippen molar-refractivity contribution in [2.24, 2.45) is 0 Å². The molecule has 0 aliphatic carbocycles. The zero-order chi connectivity index (χ0) is 20.3. The Kier molecular flexibility index (Phi) is 5.88. The highest BCUT2D eigenvalue weighted by Crippen LogP contribution is 2.33. The molecule has 0 spiro atoms. The van der Waals surface area contributed by atoms with Crippen LogP contribution in [0.25, 0.3) is 0 Å². The molecule has 0 saturated carbocycles. The maximum atomic E-state index is 12.6. The van der Waals surface area contributed by atoms with E-state index in [1.165, 1.54) is 7.05 Å². The Hall–Kier alpha value is -3.01. The summed E-state index contributed by atoms with van der Waals surface area (Å²) in [5.41, 5.74) is 0.377. The van der Waals surface area contributed by atoms with Crippen LogP contribution in [0.3, 0.4) is 0 Å². The van der Waals surface area contributed by atoms with Crippen molar-refractivity contribution in [1.82, 2.24) is 9.80 Å². The minimum Gasteiger partial charge on any atom is -0.454 e. The predicted octanol–water partition coefficient (Wildman–Crippen LogP) is 1.48. The van der Waals surface area contributed by atoms with Gasteiger partial charge in [-0.1, -0.05) is 0 Å². The van der Waals surface area contributed by atoms with Gasteiger partial charge in [0, 0.05) is 25.7 Å². The lowest BCUT2D eigenvalue weighted by molar-refractivity contribution is -0.0646. The molecule has 3 rings (SSSR count). The van der Waals surface area contributed by atoms with Crippen LogP contribution < -0.4 is 9.47 Å². The van der Waals surface area contributed by atoms with E-state index in [1.54, 1.807) is 25.1 Å². The van der Waals surface area contributed by atoms with Gasteiger partial charge in [0.05, 0.1) is 6.04 Å². The molecule has 2 aliphatic heterocycles. The first kappa shape index (κ1) is 19.7. The molecule has 10 heteroatoms. The monoisotopic (exact) mass is 394 g/mol. The molecular weight excluding hydrogens is 372 g/mol. The maximum absolute atomic E-state index is 12.6. The topological polar surface area (TPSA) is 104 Å². The number of hydrogen-bond acceptors (Lipinski definition) is 9. The fraction of sp³-hybridized carbons (Fsp3) is 0.500. The number of carbonyl (C=O) groups excluding carboxylic acids is 3. The van der Waals surface area contributed by atoms with Gasteiger partial charge >= 0.3 is 12.2 Å². The van der Waals surface area contributed by atoms with Gasteiger partial charge in [0.2, 0.25) is 13.6 Å². The minimum absolute atomic E-state index is 0.106. The second kappa shape index (κ2) is 8.34. The van der Waals surface area contributed by atoms with E-state index in [4.69, 9.17) is 23.7 Å². The summed E-state index contributed by atoms with van der Waals surface area (Å²) in [5.74, 6) is 0.745. The fourth-order valence-corrected chi connectivity index (χ4v) is 2.74. The highest BCUT2D eigenvalue weighted by Gasteiger charge is 2.28. The van der Waals surface area contributed by atoms with E-state index in [2.05, 4.69) is 0 Å². The molecule has 1 amide bonds. The number of rotatable bonds is 6. The van der Waals surface area contributed by atoms with Crippen LogP contribution in [0.15, 0.2) is 18.2 Å². The molecule has 0 N–H and O–H groups in total. The van der Waals surface area contributed by atoms with Crippen molar-refractivity contribution >= 4 is 18.0 Å². The second-order valence-electron chi connectivity index (χ2n) is 6.60. The lowest BCUT2D eigenvalue weighted by Gasteiger charge is -2.34. The third-order valence-corrected chi connectivity index (χ3v) is 4.56. The molecule has 1 aromatic carbocycles. The molecular formula is C18H22N2O8. The van der Waals surface area contributed by atoms with Crippen molar-refractivity contribution in [3.8, 4) is 11.5 Å². The van der Waals surface area contributed by atoms with Crippen LogP contribution in [0.2, 0.25) is 0 Å². The van der Waals surface area contributed by atoms with Gasteiger partial charge in [-0.3, -0.25) is 9.69 Å². The van der Waals surface area contributed by atoms with Crippen molar-refractivity contribution in [2.45, 2.75) is 19.1 Å². The second-order valence-corrected chi connectivity index (χ2v) is 6.60. The predicted molar refractivity (Wildman–Crippen MR) is 94.3 cm³/mol. The molecule has 0 bridgehead atoms. The molecule has 0 aromatic heterocycles. The van der Waals surface area contributed by atoms with Crippen molar-refractivity contribution in [3.05, 3.63) is 23.8 Å². The van der Waals surface area contributed by atoms with Crippen LogP contribution in [-0.4, -0.2) is 80.7 Å². The highest BCUT2D eigenvalue weighted by molar-refractivity contribution is 6.01. The Morgan fingerprint density at radius 3 is 2.64 bits per heavy atom. The smallest absolute Gasteiger partial charge is 0.454 e. The number of ether oxygens (including phenoxy) is 5. The average molecular weight is 394 g/mol. The number of hydrogen-bond donors (Lipinski definition) is 0. The summed E-state index contributed by atoms with van der Waals surface area (Å²) in [6, 6.07) is 4.00. The number of amides is 1. The number of carbonyl (C=O) groups is 3. The third kappa shape index (κ3) is 4.45. The SMILES string of the molecule is CC(C(=O)c1ccc2c(c1)OCO2)N(C)C(=O)OCOC(=O)OC1CN(C)C1. The Morgan fingerprint density at radius 1 is 1.21 bits per heavy atom. The van der Waals surface area contributed by atoms with E-state index in [0.29, 0.717) is 30.2 Å². The van der Waals surface area contributed by atoms with E-state index in [-0.39, 0.29) is 18.7 Å². The zero-order valence-electron chi connectivity index (χ0n) is 15.9. The summed E-state index contributed by atoms with van der Waals surface area (Å²) < 4.78 is 25.0. The van der Waals surface area contributed by atoms with Crippen molar-refractivity contribution in [1.29, 1.82) is 0 Å². The molecule has 1 atom stereocenters. The fourth-order valence-electron chi connectivity index (χ4n) is 2.74. The molecule has 28 heavy (non-hydrogen) atoms. The van der Waals surface area contributed by atoms with Gasteiger partial charge in [-0.25, -0.2) is 9.59 Å². The van der Waals surface area contributed by atoms with Gasteiger partial charge in [0.15, 0.2) is 17.3 Å². The third-order valence-electron chi connectivity index (χ3n) is 4.56. The quantitative estimate of drug-likeness (QED) is 0.403. The average Bonchev–Trinajstić information content (AvgIpc) is 3.12. The van der Waals surface area contributed by atoms with Gasteiger partial charge in [-0.15, -0.1) is 0 Å². The lowest BCUT2D eigenvalue weighted by atomic mass is 10.0. The first-order valence-corrected chi connectivity index (χ1v) is 8.70. The molecule has 1 aromatic rings. The van der Waals surface area contributed by atoms with E-state index in [1.807, 2.05) is 11.9 Å². The van der Waals surface area contributed by atoms with Crippen molar-refractivity contribution in [2.75, 3.05) is 40.8 Å². The molecule has 0 radical (unpaired) electrons. The van der Waals surface area contributed by atoms with E-state index < -0.39 is 25.1 Å². The van der Waals surface area contributed by atoms with Crippen molar-refractivity contribution < 1.29 is 38.1 Å². The normalized spacial score (nSPS) is 16.7. The van der Waals surface area contributed by atoms with E-state index >= 15 is 0 Å². The number of likely N-dealkylation sites (tertiary alicyclic amines) is 1. The van der Waals surface area contributed by atoms with E-state index in [9.17, 15) is 14.4 Å². The van der Waals surface area contributed by atoms with Gasteiger partial charge < -0.3 is 28.6 Å². The first-order chi connectivity index (χ1) is 13.3. The van der Waals surface area contributed by atoms with Gasteiger partial charge in [-0.2, -0.15) is 0 Å². The van der Waals surface area contributed by atoms with Crippen LogP contribution in [0.1, 0.15) is 17.3 Å². The summed E-state index contributed by atoms with van der Waals surface area (Å²) in [5, 5.41) is 0. The minimum atomic E-state index is -0.905. The summed E-state index contributed by atoms with van der Waals surface area (Å²) >= 11 is 0. The number of Topliss-reactive ketones (excluding diaryl/α,β-unsaturated/α-hetero) is 1. The molecule has 1 unspecified atom stereocenters. The largest absolute Gasteiger partial charge is 0.511 e. The maximum Gasteiger partial charge on any atom is 0.511 e. The van der Waals surface area contributed by atoms with Crippen LogP contribution >= 0.6 is 0 Å². The summed E-state index contributed by atoms with van der Waals surface area (Å²) in [6.45, 7) is 2.34. The summed E-state index contributed by atoms with van der Waals surface area (Å²) in [6.07, 6.45) is -1.92. The number of nitrogens with zero attached hydrogens (tertiary/aromatic N) is 2. The number of benzene rings is 1. The first-order valence-electron chi connectivity index (χ1n) is 8.70. The zero-order valence-corrected chi connectivity index (χ0v) is 15.9. The Labute approximate surface area is 161 Å².